The summed E-state index contributed by atoms with van der Waals surface area (Å²) >= 11 is 1.39. The van der Waals surface area contributed by atoms with Crippen molar-refractivity contribution in [3.8, 4) is 67.5 Å². The van der Waals surface area contributed by atoms with Crippen LogP contribution in [-0.2, 0) is 0 Å². The molecule has 0 unspecified atom stereocenters. The largest absolute Gasteiger partial charge is 0.208 e. The second kappa shape index (κ2) is 14.8. The Bertz CT molecular complexity index is 3280. The molecule has 0 fully saturated rings. The highest BCUT2D eigenvalue weighted by Crippen LogP contribution is 2.38. The van der Waals surface area contributed by atoms with E-state index in [1.54, 1.807) is 0 Å². The third-order valence-electron chi connectivity index (χ3n) is 11.0. The predicted molar refractivity (Wildman–Crippen MR) is 255 cm³/mol. The molecule has 0 spiro atoms. The highest BCUT2D eigenvalue weighted by Gasteiger charge is 2.24. The van der Waals surface area contributed by atoms with Gasteiger partial charge < -0.3 is 0 Å². The van der Waals surface area contributed by atoms with Gasteiger partial charge in [0.05, 0.1) is 0 Å². The van der Waals surface area contributed by atoms with Crippen LogP contribution in [0.1, 0.15) is 0 Å². The monoisotopic (exact) mass is 753 g/mol. The van der Waals surface area contributed by atoms with Gasteiger partial charge in [0.1, 0.15) is 47.1 Å². The number of hydrogen-bond acceptors (Lipinski definition) is 4. The highest BCUT2D eigenvalue weighted by atomic mass is 32.1. The minimum absolute atomic E-state index is 0.213. The molecule has 0 saturated heterocycles. The van der Waals surface area contributed by atoms with Crippen LogP contribution in [-0.4, -0.2) is 62.0 Å². The van der Waals surface area contributed by atoms with Gasteiger partial charge in [0, 0.05) is 31.5 Å². The van der Waals surface area contributed by atoms with Crippen LogP contribution in [0, 0.1) is 0 Å². The second-order valence-corrected chi connectivity index (χ2v) is 15.5. The Kier molecular flexibility index (Phi) is 9.26. The molecule has 3 nitrogen and oxygen atoms in total. The summed E-state index contributed by atoms with van der Waals surface area (Å²) in [6.45, 7) is 0. The average Bonchev–Trinajstić information content (AvgIpc) is 3.69. The van der Waals surface area contributed by atoms with Gasteiger partial charge in [-0.25, -0.2) is 15.0 Å². The Morgan fingerprint density at radius 3 is 1.51 bits per heavy atom. The van der Waals surface area contributed by atoms with Crippen LogP contribution < -0.4 is 32.8 Å². The van der Waals surface area contributed by atoms with Crippen molar-refractivity contribution in [1.82, 2.24) is 15.0 Å². The van der Waals surface area contributed by atoms with E-state index in [2.05, 4.69) is 78.9 Å². The normalized spacial score (nSPS) is 11.5. The maximum Gasteiger partial charge on any atom is 0.164 e. The molecule has 59 heavy (non-hydrogen) atoms. The first kappa shape index (κ1) is 36.9. The summed E-state index contributed by atoms with van der Waals surface area (Å²) < 4.78 is 1.36. The molecule has 10 heteroatoms. The van der Waals surface area contributed by atoms with Gasteiger partial charge in [0.25, 0.3) is 0 Å². The molecule has 0 bridgehead atoms. The van der Waals surface area contributed by atoms with Crippen LogP contribution in [0.15, 0.2) is 152 Å². The number of fused-ring (bicyclic) bond motifs is 4. The van der Waals surface area contributed by atoms with E-state index in [9.17, 15) is 0 Å². The summed E-state index contributed by atoms with van der Waals surface area (Å²) in [6, 6.07) is 51.1. The van der Waals surface area contributed by atoms with Crippen molar-refractivity contribution in [2.75, 3.05) is 0 Å². The van der Waals surface area contributed by atoms with E-state index >= 15 is 0 Å². The van der Waals surface area contributed by atoms with Gasteiger partial charge in [-0.3, -0.25) is 0 Å². The SMILES string of the molecule is [B]c1c([B])c(-c2nc(-c3ccccc3)nc(-c3cccc(-c4ccc(-c5ccc6ccccc6c5)cc4)c3)n2)c2c(sc3c([B])c(-c4ccccc4)c([B])c([B])c32)c1[B]. The van der Waals surface area contributed by atoms with Crippen molar-refractivity contribution in [3.05, 3.63) is 152 Å². The number of aromatic nitrogens is 3. The molecule has 0 aliphatic rings. The standard InChI is InChI=1S/C49H25B6N3S/c50-39-35(29-11-3-1-4-12-29)42(53)46-37(40(39)51)36-38(41(52)43(54)44(55)45(36)59-46)49-57-47(30-13-5-2-6-14-30)56-48(58-49)34-17-9-16-32(25-34)27-18-20-28(21-19-27)33-23-22-26-10-7-8-15-31(26)24-33/h1-25H. The van der Waals surface area contributed by atoms with Gasteiger partial charge in [-0.2, -0.15) is 0 Å². The van der Waals surface area contributed by atoms with Crippen molar-refractivity contribution in [1.29, 1.82) is 0 Å². The molecule has 0 aliphatic heterocycles. The number of nitrogens with zero attached hydrogens (tertiary/aromatic N) is 3. The van der Waals surface area contributed by atoms with Crippen LogP contribution in [0.25, 0.3) is 98.5 Å². The van der Waals surface area contributed by atoms with Crippen LogP contribution >= 0.6 is 11.3 Å². The van der Waals surface area contributed by atoms with E-state index in [0.717, 1.165) is 38.9 Å². The third-order valence-corrected chi connectivity index (χ3v) is 12.2. The van der Waals surface area contributed by atoms with Gasteiger partial charge in [-0.1, -0.05) is 167 Å². The highest BCUT2D eigenvalue weighted by molar-refractivity contribution is 7.28. The molecule has 2 heterocycles. The molecular weight excluding hydrogens is 727 g/mol. The lowest BCUT2D eigenvalue weighted by Crippen LogP contribution is -2.40. The third kappa shape index (κ3) is 6.34. The lowest BCUT2D eigenvalue weighted by molar-refractivity contribution is 1.08. The first-order valence-corrected chi connectivity index (χ1v) is 19.8. The van der Waals surface area contributed by atoms with Crippen molar-refractivity contribution >= 4 is 122 Å². The first-order valence-electron chi connectivity index (χ1n) is 19.0. The van der Waals surface area contributed by atoms with E-state index in [0.29, 0.717) is 70.6 Å². The zero-order valence-corrected chi connectivity index (χ0v) is 32.5. The van der Waals surface area contributed by atoms with Crippen LogP contribution in [0.4, 0.5) is 0 Å². The van der Waals surface area contributed by atoms with E-state index in [4.69, 9.17) is 62.0 Å². The lowest BCUT2D eigenvalue weighted by Gasteiger charge is -2.19. The number of hydrogen-bond donors (Lipinski definition) is 0. The molecule has 0 aliphatic carbocycles. The van der Waals surface area contributed by atoms with E-state index < -0.39 is 0 Å². The fourth-order valence-corrected chi connectivity index (χ4v) is 9.17. The van der Waals surface area contributed by atoms with Crippen molar-refractivity contribution < 1.29 is 0 Å². The Labute approximate surface area is 354 Å². The van der Waals surface area contributed by atoms with Crippen molar-refractivity contribution in [2.24, 2.45) is 0 Å². The van der Waals surface area contributed by atoms with E-state index in [1.165, 1.54) is 22.1 Å². The minimum atomic E-state index is 0.213. The minimum Gasteiger partial charge on any atom is -0.208 e. The molecule has 260 valence electrons. The zero-order valence-electron chi connectivity index (χ0n) is 31.6. The van der Waals surface area contributed by atoms with Gasteiger partial charge in [-0.05, 0) is 61.7 Å². The quantitative estimate of drug-likeness (QED) is 0.191. The maximum absolute atomic E-state index is 6.96. The summed E-state index contributed by atoms with van der Waals surface area (Å²) in [5.41, 5.74) is 9.83. The number of thiophene rings is 1. The van der Waals surface area contributed by atoms with E-state index in [-0.39, 0.29) is 10.9 Å². The fraction of sp³-hybridized carbons (Fsp3) is 0. The van der Waals surface area contributed by atoms with Crippen molar-refractivity contribution in [2.45, 2.75) is 0 Å². The fourth-order valence-electron chi connectivity index (χ4n) is 7.91. The van der Waals surface area contributed by atoms with Crippen molar-refractivity contribution in [3.63, 3.8) is 0 Å². The molecule has 10 rings (SSSR count). The topological polar surface area (TPSA) is 38.7 Å². The first-order chi connectivity index (χ1) is 28.7. The summed E-state index contributed by atoms with van der Waals surface area (Å²) in [5.74, 6) is 1.21. The average molecular weight is 753 g/mol. The molecule has 0 N–H and O–H groups in total. The molecule has 8 aromatic carbocycles. The molecule has 0 saturated carbocycles. The number of rotatable bonds is 6. The Balaban J connectivity index is 1.15. The number of benzene rings is 8. The molecule has 0 amide bonds. The predicted octanol–water partition coefficient (Wildman–Crippen LogP) is 6.16. The van der Waals surface area contributed by atoms with Gasteiger partial charge >= 0.3 is 0 Å². The molecular formula is C49H25B6N3S. The Hall–Kier alpha value is -6.36. The second-order valence-electron chi connectivity index (χ2n) is 14.5. The van der Waals surface area contributed by atoms with Gasteiger partial charge in [0.2, 0.25) is 0 Å². The molecule has 10 aromatic rings. The van der Waals surface area contributed by atoms with E-state index in [1.807, 2.05) is 72.8 Å². The van der Waals surface area contributed by atoms with Crippen LogP contribution in [0.5, 0.6) is 0 Å². The summed E-state index contributed by atoms with van der Waals surface area (Å²) in [7, 11) is 41.1. The molecule has 2 aromatic heterocycles. The van der Waals surface area contributed by atoms with Gasteiger partial charge in [0.15, 0.2) is 17.5 Å². The molecule has 0 atom stereocenters. The maximum atomic E-state index is 6.96. The van der Waals surface area contributed by atoms with Crippen LogP contribution in [0.2, 0.25) is 0 Å². The summed E-state index contributed by atoms with van der Waals surface area (Å²) in [5, 5.41) is 3.67. The van der Waals surface area contributed by atoms with Crippen LogP contribution in [0.3, 0.4) is 0 Å². The Morgan fingerprint density at radius 2 is 0.814 bits per heavy atom. The summed E-state index contributed by atoms with van der Waals surface area (Å²) in [6.07, 6.45) is 0. The summed E-state index contributed by atoms with van der Waals surface area (Å²) in [4.78, 5) is 15.2. The zero-order chi connectivity index (χ0) is 40.4. The molecule has 12 radical (unpaired) electrons. The Morgan fingerprint density at radius 1 is 0.305 bits per heavy atom. The van der Waals surface area contributed by atoms with Gasteiger partial charge in [-0.15, -0.1) is 16.8 Å². The smallest absolute Gasteiger partial charge is 0.164 e. The lowest BCUT2D eigenvalue weighted by atomic mass is 9.67.